The molecular formula is C24H26N2O4S. The second kappa shape index (κ2) is 10.2. The highest BCUT2D eigenvalue weighted by atomic mass is 32.2. The summed E-state index contributed by atoms with van der Waals surface area (Å²) in [6, 6.07) is 23.1. The smallest absolute Gasteiger partial charge is 0.243 e. The van der Waals surface area contributed by atoms with Crippen LogP contribution in [-0.4, -0.2) is 32.3 Å². The lowest BCUT2D eigenvalue weighted by atomic mass is 10.1. The van der Waals surface area contributed by atoms with Crippen LogP contribution in [0.4, 0.5) is 0 Å². The first-order valence-corrected chi connectivity index (χ1v) is 11.3. The number of carbonyl (C=O) groups excluding carboxylic acids is 1. The molecule has 0 aliphatic heterocycles. The molecule has 0 saturated carbocycles. The van der Waals surface area contributed by atoms with E-state index >= 15 is 0 Å². The Balaban J connectivity index is 1.75. The number of hydrogen-bond donors (Lipinski definition) is 1. The van der Waals surface area contributed by atoms with Gasteiger partial charge in [-0.25, -0.2) is 8.42 Å². The molecule has 6 nitrogen and oxygen atoms in total. The van der Waals surface area contributed by atoms with E-state index in [0.717, 1.165) is 22.4 Å². The average Bonchev–Trinajstić information content (AvgIpc) is 2.79. The topological polar surface area (TPSA) is 75.7 Å². The number of hydrogen-bond acceptors (Lipinski definition) is 4. The molecule has 0 saturated heterocycles. The predicted molar refractivity (Wildman–Crippen MR) is 120 cm³/mol. The normalized spacial score (nSPS) is 11.3. The third kappa shape index (κ3) is 6.16. The van der Waals surface area contributed by atoms with Gasteiger partial charge in [-0.1, -0.05) is 60.2 Å². The van der Waals surface area contributed by atoms with Crippen LogP contribution in [0.5, 0.6) is 5.75 Å². The molecule has 0 aliphatic carbocycles. The van der Waals surface area contributed by atoms with Crippen molar-refractivity contribution in [1.82, 2.24) is 9.62 Å². The molecule has 0 aliphatic rings. The van der Waals surface area contributed by atoms with Gasteiger partial charge in [0.05, 0.1) is 18.6 Å². The quantitative estimate of drug-likeness (QED) is 0.555. The summed E-state index contributed by atoms with van der Waals surface area (Å²) in [7, 11) is -2.25. The zero-order valence-electron chi connectivity index (χ0n) is 17.6. The second-order valence-corrected chi connectivity index (χ2v) is 9.13. The van der Waals surface area contributed by atoms with Crippen LogP contribution in [0.2, 0.25) is 0 Å². The van der Waals surface area contributed by atoms with Gasteiger partial charge in [-0.05, 0) is 42.3 Å². The summed E-state index contributed by atoms with van der Waals surface area (Å²) in [5.41, 5.74) is 2.79. The monoisotopic (exact) mass is 438 g/mol. The predicted octanol–water partition coefficient (Wildman–Crippen LogP) is 3.51. The standard InChI is InChI=1S/C24H26N2O4S/c1-19-8-10-21(11-9-19)17-26(31(28,29)23-6-4-3-5-7-23)18-24(27)25-16-20-12-14-22(30-2)15-13-20/h3-15H,16-18H2,1-2H3,(H,25,27). The van der Waals surface area contributed by atoms with Crippen molar-refractivity contribution in [3.05, 3.63) is 95.6 Å². The molecule has 7 heteroatoms. The van der Waals surface area contributed by atoms with Crippen LogP contribution in [0.1, 0.15) is 16.7 Å². The number of benzene rings is 3. The van der Waals surface area contributed by atoms with Gasteiger partial charge in [-0.15, -0.1) is 0 Å². The van der Waals surface area contributed by atoms with E-state index in [1.54, 1.807) is 25.3 Å². The molecule has 3 aromatic rings. The van der Waals surface area contributed by atoms with Crippen LogP contribution >= 0.6 is 0 Å². The molecule has 1 amide bonds. The summed E-state index contributed by atoms with van der Waals surface area (Å²) in [6.07, 6.45) is 0. The Hall–Kier alpha value is -3.16. The minimum atomic E-state index is -3.84. The first-order chi connectivity index (χ1) is 14.9. The first kappa shape index (κ1) is 22.5. The van der Waals surface area contributed by atoms with Crippen molar-refractivity contribution in [3.63, 3.8) is 0 Å². The second-order valence-electron chi connectivity index (χ2n) is 7.20. The van der Waals surface area contributed by atoms with Gasteiger partial charge in [0.2, 0.25) is 15.9 Å². The minimum absolute atomic E-state index is 0.105. The van der Waals surface area contributed by atoms with Gasteiger partial charge < -0.3 is 10.1 Å². The molecule has 0 unspecified atom stereocenters. The summed E-state index contributed by atoms with van der Waals surface area (Å²) in [6.45, 7) is 2.09. The Morgan fingerprint density at radius 1 is 0.903 bits per heavy atom. The summed E-state index contributed by atoms with van der Waals surface area (Å²) >= 11 is 0. The van der Waals surface area contributed by atoms with Crippen molar-refractivity contribution < 1.29 is 17.9 Å². The third-order valence-corrected chi connectivity index (χ3v) is 6.64. The fourth-order valence-electron chi connectivity index (χ4n) is 3.02. The van der Waals surface area contributed by atoms with Gasteiger partial charge in [0.15, 0.2) is 0 Å². The Labute approximate surface area is 183 Å². The van der Waals surface area contributed by atoms with Crippen molar-refractivity contribution in [2.24, 2.45) is 0 Å². The van der Waals surface area contributed by atoms with Crippen LogP contribution in [0, 0.1) is 6.92 Å². The molecule has 1 N–H and O–H groups in total. The SMILES string of the molecule is COc1ccc(CNC(=O)CN(Cc2ccc(C)cc2)S(=O)(=O)c2ccccc2)cc1. The maximum absolute atomic E-state index is 13.2. The molecule has 0 fully saturated rings. The van der Waals surface area contributed by atoms with Crippen LogP contribution in [0.3, 0.4) is 0 Å². The van der Waals surface area contributed by atoms with E-state index < -0.39 is 10.0 Å². The van der Waals surface area contributed by atoms with Gasteiger partial charge in [0.25, 0.3) is 0 Å². The molecule has 0 bridgehead atoms. The molecule has 0 aromatic heterocycles. The van der Waals surface area contributed by atoms with Crippen molar-refractivity contribution >= 4 is 15.9 Å². The Bertz CT molecular complexity index is 1100. The van der Waals surface area contributed by atoms with E-state index in [9.17, 15) is 13.2 Å². The van der Waals surface area contributed by atoms with Crippen LogP contribution in [0.25, 0.3) is 0 Å². The zero-order chi connectivity index (χ0) is 22.3. The maximum Gasteiger partial charge on any atom is 0.243 e. The lowest BCUT2D eigenvalue weighted by molar-refractivity contribution is -0.121. The maximum atomic E-state index is 13.2. The fourth-order valence-corrected chi connectivity index (χ4v) is 4.43. The van der Waals surface area contributed by atoms with Crippen molar-refractivity contribution in [2.75, 3.05) is 13.7 Å². The molecular weight excluding hydrogens is 412 g/mol. The number of carbonyl (C=O) groups is 1. The molecule has 0 atom stereocenters. The minimum Gasteiger partial charge on any atom is -0.497 e. The van der Waals surface area contributed by atoms with E-state index in [1.165, 1.54) is 16.4 Å². The lowest BCUT2D eigenvalue weighted by Gasteiger charge is -2.22. The number of nitrogens with zero attached hydrogens (tertiary/aromatic N) is 1. The van der Waals surface area contributed by atoms with Crippen LogP contribution in [0.15, 0.2) is 83.8 Å². The number of methoxy groups -OCH3 is 1. The summed E-state index contributed by atoms with van der Waals surface area (Å²) in [5, 5.41) is 2.80. The average molecular weight is 439 g/mol. The first-order valence-electron chi connectivity index (χ1n) is 9.89. The summed E-state index contributed by atoms with van der Waals surface area (Å²) in [5.74, 6) is 0.357. The number of aryl methyl sites for hydroxylation is 1. The molecule has 0 heterocycles. The van der Waals surface area contributed by atoms with Gasteiger partial charge in [-0.2, -0.15) is 4.31 Å². The van der Waals surface area contributed by atoms with Crippen molar-refractivity contribution in [3.8, 4) is 5.75 Å². The Morgan fingerprint density at radius 2 is 1.52 bits per heavy atom. The zero-order valence-corrected chi connectivity index (χ0v) is 18.4. The Kier molecular flexibility index (Phi) is 7.44. The van der Waals surface area contributed by atoms with E-state index in [0.29, 0.717) is 6.54 Å². The summed E-state index contributed by atoms with van der Waals surface area (Å²) < 4.78 is 32.8. The number of nitrogens with one attached hydrogen (secondary N) is 1. The molecule has 162 valence electrons. The number of ether oxygens (including phenoxy) is 1. The Morgan fingerprint density at radius 3 is 2.13 bits per heavy atom. The largest absolute Gasteiger partial charge is 0.497 e. The van der Waals surface area contributed by atoms with Crippen LogP contribution in [-0.2, 0) is 27.9 Å². The van der Waals surface area contributed by atoms with E-state index in [-0.39, 0.29) is 23.9 Å². The molecule has 3 rings (SSSR count). The molecule has 3 aromatic carbocycles. The highest BCUT2D eigenvalue weighted by molar-refractivity contribution is 7.89. The van der Waals surface area contributed by atoms with E-state index in [4.69, 9.17) is 4.74 Å². The van der Waals surface area contributed by atoms with E-state index in [1.807, 2.05) is 55.5 Å². The van der Waals surface area contributed by atoms with Gasteiger partial charge >= 0.3 is 0 Å². The highest BCUT2D eigenvalue weighted by Gasteiger charge is 2.26. The third-order valence-electron chi connectivity index (χ3n) is 4.83. The summed E-state index contributed by atoms with van der Waals surface area (Å²) in [4.78, 5) is 12.8. The lowest BCUT2D eigenvalue weighted by Crippen LogP contribution is -2.40. The van der Waals surface area contributed by atoms with Gasteiger partial charge in [0, 0.05) is 13.1 Å². The van der Waals surface area contributed by atoms with E-state index in [2.05, 4.69) is 5.32 Å². The van der Waals surface area contributed by atoms with Crippen molar-refractivity contribution in [1.29, 1.82) is 0 Å². The van der Waals surface area contributed by atoms with Crippen molar-refractivity contribution in [2.45, 2.75) is 24.9 Å². The highest BCUT2D eigenvalue weighted by Crippen LogP contribution is 2.18. The van der Waals surface area contributed by atoms with Gasteiger partial charge in [0.1, 0.15) is 5.75 Å². The number of rotatable bonds is 9. The molecule has 0 spiro atoms. The molecule has 0 radical (unpaired) electrons. The molecule has 31 heavy (non-hydrogen) atoms. The number of amides is 1. The van der Waals surface area contributed by atoms with Gasteiger partial charge in [-0.3, -0.25) is 4.79 Å². The van der Waals surface area contributed by atoms with Crippen LogP contribution < -0.4 is 10.1 Å². The number of sulfonamides is 1. The fraction of sp³-hybridized carbons (Fsp3) is 0.208.